The molecule has 0 unspecified atom stereocenters. The van der Waals surface area contributed by atoms with Gasteiger partial charge in [0, 0.05) is 31.1 Å². The number of amides is 1. The molecule has 0 aromatic heterocycles. The zero-order valence-electron chi connectivity index (χ0n) is 14.8. The van der Waals surface area contributed by atoms with Crippen molar-refractivity contribution in [2.75, 3.05) is 19.6 Å². The number of nitrogens with zero attached hydrogens (tertiary/aromatic N) is 2. The van der Waals surface area contributed by atoms with Gasteiger partial charge >= 0.3 is 0 Å². The fourth-order valence-corrected chi connectivity index (χ4v) is 4.36. The highest BCUT2D eigenvalue weighted by molar-refractivity contribution is 5.78. The number of carbonyl (C=O) groups excluding carboxylic acids is 1. The highest BCUT2D eigenvalue weighted by Gasteiger charge is 2.44. The predicted molar refractivity (Wildman–Crippen MR) is 94.2 cm³/mol. The summed E-state index contributed by atoms with van der Waals surface area (Å²) in [5, 5.41) is 0. The first-order valence-electron chi connectivity index (χ1n) is 9.10. The lowest BCUT2D eigenvalue weighted by Gasteiger charge is -2.46. The van der Waals surface area contributed by atoms with E-state index in [1.165, 1.54) is 30.4 Å². The van der Waals surface area contributed by atoms with Crippen LogP contribution in [0.3, 0.4) is 0 Å². The van der Waals surface area contributed by atoms with Crippen LogP contribution < -0.4 is 0 Å². The summed E-state index contributed by atoms with van der Waals surface area (Å²) in [6.07, 6.45) is 4.87. The van der Waals surface area contributed by atoms with Crippen molar-refractivity contribution < 1.29 is 4.79 Å². The second-order valence-corrected chi connectivity index (χ2v) is 7.69. The fraction of sp³-hybridized carbons (Fsp3) is 0.650. The highest BCUT2D eigenvalue weighted by Crippen LogP contribution is 2.38. The Bertz CT molecular complexity index is 569. The molecule has 0 saturated carbocycles. The first kappa shape index (κ1) is 16.5. The molecule has 0 N–H and O–H groups in total. The molecule has 1 atom stereocenters. The molecule has 0 aliphatic carbocycles. The minimum absolute atomic E-state index is 0.108. The Morgan fingerprint density at radius 1 is 1.17 bits per heavy atom. The Morgan fingerprint density at radius 2 is 1.87 bits per heavy atom. The van der Waals surface area contributed by atoms with Crippen molar-refractivity contribution in [1.29, 1.82) is 0 Å². The lowest BCUT2D eigenvalue weighted by atomic mass is 9.85. The van der Waals surface area contributed by atoms with Gasteiger partial charge in [0.05, 0.1) is 0 Å². The number of hydrogen-bond donors (Lipinski definition) is 0. The van der Waals surface area contributed by atoms with Crippen LogP contribution in [0.1, 0.15) is 50.7 Å². The van der Waals surface area contributed by atoms with Crippen molar-refractivity contribution >= 4 is 5.91 Å². The van der Waals surface area contributed by atoms with Crippen LogP contribution in [-0.4, -0.2) is 40.9 Å². The van der Waals surface area contributed by atoms with E-state index < -0.39 is 0 Å². The molecule has 2 fully saturated rings. The maximum Gasteiger partial charge on any atom is 0.225 e. The number of hydrogen-bond acceptors (Lipinski definition) is 2. The van der Waals surface area contributed by atoms with Crippen molar-refractivity contribution in [3.05, 3.63) is 35.4 Å². The second-order valence-electron chi connectivity index (χ2n) is 7.69. The van der Waals surface area contributed by atoms with E-state index in [0.29, 0.717) is 5.91 Å². The van der Waals surface area contributed by atoms with Gasteiger partial charge < -0.3 is 4.90 Å². The summed E-state index contributed by atoms with van der Waals surface area (Å²) in [5.74, 6) is 0.434. The van der Waals surface area contributed by atoms with Gasteiger partial charge in [-0.2, -0.15) is 0 Å². The summed E-state index contributed by atoms with van der Waals surface area (Å²) >= 11 is 0. The van der Waals surface area contributed by atoms with E-state index in [4.69, 9.17) is 0 Å². The Balaban J connectivity index is 1.77. The number of likely N-dealkylation sites (tertiary alicyclic amines) is 2. The van der Waals surface area contributed by atoms with Crippen LogP contribution in [0.15, 0.2) is 24.3 Å². The topological polar surface area (TPSA) is 23.6 Å². The molecule has 1 aromatic carbocycles. The molecule has 2 saturated heterocycles. The Hall–Kier alpha value is -1.35. The van der Waals surface area contributed by atoms with Crippen molar-refractivity contribution in [3.8, 4) is 0 Å². The van der Waals surface area contributed by atoms with Crippen LogP contribution >= 0.6 is 0 Å². The van der Waals surface area contributed by atoms with Crippen LogP contribution in [0.2, 0.25) is 0 Å². The number of benzene rings is 1. The molecule has 0 bridgehead atoms. The van der Waals surface area contributed by atoms with E-state index in [1.54, 1.807) is 0 Å². The average Bonchev–Trinajstić information content (AvgIpc) is 2.90. The van der Waals surface area contributed by atoms with Gasteiger partial charge in [0.15, 0.2) is 0 Å². The lowest BCUT2D eigenvalue weighted by molar-refractivity contribution is -0.138. The molecule has 126 valence electrons. The molecular weight excluding hydrogens is 284 g/mol. The minimum atomic E-state index is 0.108. The monoisotopic (exact) mass is 314 g/mol. The van der Waals surface area contributed by atoms with E-state index >= 15 is 0 Å². The number of rotatable bonds is 3. The van der Waals surface area contributed by atoms with E-state index in [2.05, 4.69) is 41.0 Å². The van der Waals surface area contributed by atoms with Crippen LogP contribution in [0, 0.1) is 12.8 Å². The third kappa shape index (κ3) is 3.30. The van der Waals surface area contributed by atoms with Gasteiger partial charge in [0.25, 0.3) is 0 Å². The quantitative estimate of drug-likeness (QED) is 0.851. The first-order chi connectivity index (χ1) is 11.0. The van der Waals surface area contributed by atoms with Gasteiger partial charge in [0.2, 0.25) is 5.91 Å². The summed E-state index contributed by atoms with van der Waals surface area (Å²) in [6, 6.07) is 8.71. The summed E-state index contributed by atoms with van der Waals surface area (Å²) < 4.78 is 0. The summed E-state index contributed by atoms with van der Waals surface area (Å²) in [5.41, 5.74) is 3.02. The van der Waals surface area contributed by atoms with Gasteiger partial charge in [-0.15, -0.1) is 0 Å². The maximum atomic E-state index is 12.5. The molecular formula is C20H30N2O. The van der Waals surface area contributed by atoms with E-state index in [0.717, 1.165) is 32.6 Å². The molecule has 3 nitrogen and oxygen atoms in total. The van der Waals surface area contributed by atoms with Crippen LogP contribution in [0.4, 0.5) is 0 Å². The fourth-order valence-electron chi connectivity index (χ4n) is 4.36. The van der Waals surface area contributed by atoms with Gasteiger partial charge in [-0.25, -0.2) is 0 Å². The number of aryl methyl sites for hydroxylation is 1. The second kappa shape index (κ2) is 6.64. The molecule has 1 amide bonds. The normalized spacial score (nSPS) is 25.5. The summed E-state index contributed by atoms with van der Waals surface area (Å²) in [7, 11) is 0. The molecule has 3 rings (SSSR count). The Morgan fingerprint density at radius 3 is 2.57 bits per heavy atom. The predicted octanol–water partition coefficient (Wildman–Crippen LogP) is 3.61. The Kier molecular flexibility index (Phi) is 4.77. The first-order valence-corrected chi connectivity index (χ1v) is 9.10. The molecule has 2 aliphatic heterocycles. The third-order valence-electron chi connectivity index (χ3n) is 5.72. The van der Waals surface area contributed by atoms with Crippen LogP contribution in [0.5, 0.6) is 0 Å². The van der Waals surface area contributed by atoms with Gasteiger partial charge in [-0.1, -0.05) is 38.1 Å². The van der Waals surface area contributed by atoms with E-state index in [1.807, 2.05) is 13.8 Å². The lowest BCUT2D eigenvalue weighted by Crippen LogP contribution is -2.57. The molecule has 2 aliphatic rings. The van der Waals surface area contributed by atoms with Gasteiger partial charge in [-0.05, 0) is 50.3 Å². The van der Waals surface area contributed by atoms with Crippen molar-refractivity contribution in [2.45, 2.75) is 58.5 Å². The smallest absolute Gasteiger partial charge is 0.225 e. The molecule has 1 aromatic rings. The van der Waals surface area contributed by atoms with Crippen LogP contribution in [0.25, 0.3) is 0 Å². The maximum absolute atomic E-state index is 12.5. The van der Waals surface area contributed by atoms with Gasteiger partial charge in [-0.3, -0.25) is 9.69 Å². The van der Waals surface area contributed by atoms with Crippen LogP contribution in [-0.2, 0) is 11.3 Å². The standard InChI is InChI=1S/C20H30N2O/c1-16(2)19(23)21-12-6-10-20(15-21)11-7-13-22(20)14-18-9-5-4-8-17(18)3/h4-5,8-9,16H,6-7,10-15H2,1-3H3/t20-/m0/s1. The molecule has 1 spiro atoms. The van der Waals surface area contributed by atoms with Gasteiger partial charge in [0.1, 0.15) is 0 Å². The molecule has 3 heteroatoms. The summed E-state index contributed by atoms with van der Waals surface area (Å²) in [4.78, 5) is 17.3. The zero-order chi connectivity index (χ0) is 16.4. The molecule has 2 heterocycles. The molecule has 23 heavy (non-hydrogen) atoms. The molecule has 0 radical (unpaired) electrons. The van der Waals surface area contributed by atoms with Crippen molar-refractivity contribution in [2.24, 2.45) is 5.92 Å². The minimum Gasteiger partial charge on any atom is -0.341 e. The summed E-state index contributed by atoms with van der Waals surface area (Å²) in [6.45, 7) is 10.3. The van der Waals surface area contributed by atoms with E-state index in [-0.39, 0.29) is 11.5 Å². The Labute approximate surface area is 140 Å². The van der Waals surface area contributed by atoms with Crippen molar-refractivity contribution in [3.63, 3.8) is 0 Å². The zero-order valence-corrected chi connectivity index (χ0v) is 14.8. The largest absolute Gasteiger partial charge is 0.341 e. The average molecular weight is 314 g/mol. The SMILES string of the molecule is Cc1ccccc1CN1CCC[C@]12CCCN(C(=O)C(C)C)C2. The van der Waals surface area contributed by atoms with Crippen molar-refractivity contribution in [1.82, 2.24) is 9.80 Å². The third-order valence-corrected chi connectivity index (χ3v) is 5.72. The van der Waals surface area contributed by atoms with E-state index in [9.17, 15) is 4.79 Å². The number of carbonyl (C=O) groups is 1. The number of piperidine rings is 1. The highest BCUT2D eigenvalue weighted by atomic mass is 16.2.